The monoisotopic (exact) mass is 882 g/mol. The number of Topliss-reactive ketones (excluding diaryl/α,β-unsaturated/α-hetero) is 1. The Hall–Kier alpha value is -6.81. The summed E-state index contributed by atoms with van der Waals surface area (Å²) in [6.45, 7) is 20.2. The number of anilines is 4. The second kappa shape index (κ2) is 19.7. The lowest BCUT2D eigenvalue weighted by Gasteiger charge is -2.20. The summed E-state index contributed by atoms with van der Waals surface area (Å²) >= 11 is 1.50. The number of thiazole rings is 1. The van der Waals surface area contributed by atoms with Gasteiger partial charge in [0.25, 0.3) is 0 Å². The fourth-order valence-electron chi connectivity index (χ4n) is 6.64. The zero-order valence-corrected chi connectivity index (χ0v) is 39.6. The van der Waals surface area contributed by atoms with Crippen molar-refractivity contribution in [1.29, 1.82) is 0 Å². The Morgan fingerprint density at radius 1 is 0.703 bits per heavy atom. The Kier molecular flexibility index (Phi) is 14.4. The lowest BCUT2D eigenvalue weighted by Crippen LogP contribution is -2.32. The Morgan fingerprint density at radius 3 is 1.66 bits per heavy atom. The highest BCUT2D eigenvalue weighted by molar-refractivity contribution is 7.13. The molecular weight excluding hydrogens is 825 g/mol. The van der Waals surface area contributed by atoms with Gasteiger partial charge in [0.1, 0.15) is 5.60 Å². The number of aryl methyl sites for hydroxylation is 7. The number of alkyl carbamates (subject to hydrolysis) is 1. The number of nitrogens with zero attached hydrogens (tertiary/aromatic N) is 9. The van der Waals surface area contributed by atoms with Gasteiger partial charge in [0, 0.05) is 74.6 Å². The molecule has 0 spiro atoms. The predicted octanol–water partition coefficient (Wildman–Crippen LogP) is 10.1. The number of hydrogen-bond acceptors (Lipinski definition) is 13. The van der Waals surface area contributed by atoms with E-state index in [-0.39, 0.29) is 11.2 Å². The van der Waals surface area contributed by atoms with Crippen molar-refractivity contribution in [2.75, 3.05) is 10.6 Å². The molecule has 15 nitrogen and oxygen atoms in total. The smallest absolute Gasteiger partial charge is 0.407 e. The van der Waals surface area contributed by atoms with Gasteiger partial charge >= 0.3 is 6.09 Å². The van der Waals surface area contributed by atoms with E-state index in [1.165, 1.54) is 11.3 Å². The minimum atomic E-state index is -0.518. The highest BCUT2D eigenvalue weighted by Gasteiger charge is 2.21. The van der Waals surface area contributed by atoms with Crippen molar-refractivity contribution in [2.24, 2.45) is 14.1 Å². The minimum Gasteiger partial charge on any atom is -0.444 e. The first-order valence-electron chi connectivity index (χ1n) is 21.1. The summed E-state index contributed by atoms with van der Waals surface area (Å²) in [6, 6.07) is 16.1. The van der Waals surface area contributed by atoms with Crippen molar-refractivity contribution >= 4 is 46.5 Å². The first-order valence-corrected chi connectivity index (χ1v) is 21.9. The van der Waals surface area contributed by atoms with Gasteiger partial charge in [0.2, 0.25) is 11.9 Å². The standard InChI is InChI=1S/C26H30N6OS.C22H28N6O2/c1-16-13-19(20-11-12-27-25(29-20)30-21-15-32(6)31-17(21)2)8-7-18(16)9-10-22(33)23-14-28-24(34-23)26(3,4)5;1-14-11-16(7-8-17(14)12-24-21(29)30-22(3,4)5)18-9-10-23-20(25-18)26-19-13-28(6)27-15(19)2/h7-8,11-15H,9-10H2,1-6H3,(H,27,29,30);7-11,13H,12H2,1-6H3,(H,24,29)(H,23,25,26). The van der Waals surface area contributed by atoms with Gasteiger partial charge in [0.15, 0.2) is 5.78 Å². The van der Waals surface area contributed by atoms with Gasteiger partial charge in [-0.1, -0.05) is 45.0 Å². The SMILES string of the molecule is Cc1cc(-c2ccnc(Nc3cn(C)nc3C)n2)ccc1CCC(=O)c1cnc(C(C)(C)C)s1.Cc1cc(-c2ccnc(Nc3cn(C)nc3C)n2)ccc1CNC(=O)OC(C)(C)C. The largest absolute Gasteiger partial charge is 0.444 e. The Morgan fingerprint density at radius 2 is 1.22 bits per heavy atom. The van der Waals surface area contributed by atoms with Crippen LogP contribution in [0.25, 0.3) is 22.5 Å². The van der Waals surface area contributed by atoms with Crippen molar-refractivity contribution in [3.05, 3.63) is 123 Å². The fourth-order valence-corrected chi connectivity index (χ4v) is 7.58. The highest BCUT2D eigenvalue weighted by atomic mass is 32.1. The van der Waals surface area contributed by atoms with Gasteiger partial charge in [-0.15, -0.1) is 11.3 Å². The van der Waals surface area contributed by atoms with Crippen LogP contribution in [0, 0.1) is 27.7 Å². The number of aromatic nitrogens is 9. The van der Waals surface area contributed by atoms with Crippen LogP contribution in [0.4, 0.5) is 28.1 Å². The van der Waals surface area contributed by atoms with Crippen LogP contribution in [-0.4, -0.2) is 62.0 Å². The molecule has 7 rings (SSSR count). The number of rotatable bonds is 12. The molecule has 0 fully saturated rings. The Labute approximate surface area is 379 Å². The van der Waals surface area contributed by atoms with Crippen LogP contribution in [0.2, 0.25) is 0 Å². The van der Waals surface area contributed by atoms with Crippen molar-refractivity contribution < 1.29 is 14.3 Å². The number of ketones is 1. The van der Waals surface area contributed by atoms with Crippen molar-refractivity contribution in [1.82, 2.24) is 49.8 Å². The lowest BCUT2D eigenvalue weighted by atomic mass is 9.98. The Balaban J connectivity index is 0.000000214. The molecule has 0 aliphatic heterocycles. The van der Waals surface area contributed by atoms with Crippen LogP contribution in [-0.2, 0) is 37.2 Å². The molecule has 5 heterocycles. The average molecular weight is 883 g/mol. The normalized spacial score (nSPS) is 11.4. The summed E-state index contributed by atoms with van der Waals surface area (Å²) in [5.74, 6) is 1.19. The molecule has 1 amide bonds. The van der Waals surface area contributed by atoms with E-state index in [1.807, 2.05) is 98.4 Å². The maximum absolute atomic E-state index is 12.7. The van der Waals surface area contributed by atoms with Crippen LogP contribution in [0.15, 0.2) is 79.5 Å². The number of ether oxygens (including phenoxy) is 1. The molecule has 0 saturated carbocycles. The zero-order valence-electron chi connectivity index (χ0n) is 38.8. The summed E-state index contributed by atoms with van der Waals surface area (Å²) in [4.78, 5) is 47.7. The van der Waals surface area contributed by atoms with Gasteiger partial charge in [-0.05, 0) is 101 Å². The summed E-state index contributed by atoms with van der Waals surface area (Å²) in [7, 11) is 3.76. The van der Waals surface area contributed by atoms with Crippen LogP contribution in [0.1, 0.15) is 96.3 Å². The average Bonchev–Trinajstić information content (AvgIpc) is 3.94. The molecule has 0 saturated heterocycles. The number of benzene rings is 2. The van der Waals surface area contributed by atoms with Crippen LogP contribution in [0.5, 0.6) is 0 Å². The van der Waals surface area contributed by atoms with Crippen LogP contribution < -0.4 is 16.0 Å². The molecular formula is C48H58N12O3S. The van der Waals surface area contributed by atoms with E-state index in [2.05, 4.69) is 97.0 Å². The number of hydrogen-bond donors (Lipinski definition) is 3. The van der Waals surface area contributed by atoms with E-state index in [9.17, 15) is 9.59 Å². The third kappa shape index (κ3) is 12.6. The molecule has 64 heavy (non-hydrogen) atoms. The molecule has 0 radical (unpaired) electrons. The van der Waals surface area contributed by atoms with Gasteiger partial charge in [0.05, 0.1) is 44.0 Å². The molecule has 7 aromatic rings. The maximum atomic E-state index is 12.7. The first kappa shape index (κ1) is 46.7. The van der Waals surface area contributed by atoms with Crippen molar-refractivity contribution in [3.8, 4) is 22.5 Å². The second-order valence-corrected chi connectivity index (χ2v) is 18.8. The molecule has 16 heteroatoms. The lowest BCUT2D eigenvalue weighted by molar-refractivity contribution is 0.0523. The third-order valence-corrected chi connectivity index (χ3v) is 11.4. The molecule has 0 bridgehead atoms. The van der Waals surface area contributed by atoms with E-state index >= 15 is 0 Å². The fraction of sp³-hybridized carbons (Fsp3) is 0.354. The summed E-state index contributed by atoms with van der Waals surface area (Å²) in [5, 5.41) is 18.9. The first-order chi connectivity index (χ1) is 30.2. The van der Waals surface area contributed by atoms with Crippen molar-refractivity contribution in [2.45, 2.75) is 99.6 Å². The number of nitrogens with one attached hydrogen (secondary N) is 3. The molecule has 0 unspecified atom stereocenters. The Bertz CT molecular complexity index is 2760. The minimum absolute atomic E-state index is 0.0389. The van der Waals surface area contributed by atoms with Crippen molar-refractivity contribution in [3.63, 3.8) is 0 Å². The van der Waals surface area contributed by atoms with E-state index in [1.54, 1.807) is 28.0 Å². The van der Waals surface area contributed by atoms with Crippen LogP contribution in [0.3, 0.4) is 0 Å². The summed E-state index contributed by atoms with van der Waals surface area (Å²) in [5.41, 5.74) is 11.0. The second-order valence-electron chi connectivity index (χ2n) is 17.7. The van der Waals surface area contributed by atoms with E-state index in [0.717, 1.165) is 77.4 Å². The number of carbonyl (C=O) groups excluding carboxylic acids is 2. The molecule has 334 valence electrons. The quantitative estimate of drug-likeness (QED) is 0.0991. The van der Waals surface area contributed by atoms with Gasteiger partial charge in [-0.3, -0.25) is 14.2 Å². The van der Waals surface area contributed by atoms with Gasteiger partial charge < -0.3 is 20.7 Å². The van der Waals surface area contributed by atoms with Gasteiger partial charge in [-0.25, -0.2) is 29.7 Å². The molecule has 3 N–H and O–H groups in total. The summed E-state index contributed by atoms with van der Waals surface area (Å²) in [6.07, 6.45) is 9.73. The van der Waals surface area contributed by atoms with E-state index < -0.39 is 11.7 Å². The molecule has 0 aliphatic rings. The van der Waals surface area contributed by atoms with Gasteiger partial charge in [-0.2, -0.15) is 10.2 Å². The topological polar surface area (TPSA) is 180 Å². The molecule has 2 aromatic carbocycles. The number of amides is 1. The van der Waals surface area contributed by atoms with E-state index in [0.29, 0.717) is 31.3 Å². The highest BCUT2D eigenvalue weighted by Crippen LogP contribution is 2.29. The zero-order chi connectivity index (χ0) is 46.3. The maximum Gasteiger partial charge on any atom is 0.407 e. The van der Waals surface area contributed by atoms with Crippen LogP contribution >= 0.6 is 11.3 Å². The predicted molar refractivity (Wildman–Crippen MR) is 253 cm³/mol. The van der Waals surface area contributed by atoms with E-state index in [4.69, 9.17) is 4.74 Å². The number of carbonyl (C=O) groups is 2. The molecule has 0 atom stereocenters. The summed E-state index contributed by atoms with van der Waals surface area (Å²) < 4.78 is 8.79. The molecule has 5 aromatic heterocycles. The third-order valence-electron chi connectivity index (χ3n) is 9.97. The molecule has 0 aliphatic carbocycles.